The molecule has 1 aromatic carbocycles. The number of nitrogens with one attached hydrogen (secondary N) is 1. The molecule has 24 heavy (non-hydrogen) atoms. The van der Waals surface area contributed by atoms with Crippen molar-refractivity contribution in [3.63, 3.8) is 0 Å². The number of halogens is 2. The van der Waals surface area contributed by atoms with Crippen LogP contribution in [0.2, 0.25) is 0 Å². The van der Waals surface area contributed by atoms with Gasteiger partial charge in [-0.15, -0.1) is 0 Å². The Balaban J connectivity index is 1.95. The second-order valence-electron chi connectivity index (χ2n) is 5.48. The Morgan fingerprint density at radius 1 is 1.38 bits per heavy atom. The third-order valence-corrected chi connectivity index (χ3v) is 3.41. The average Bonchev–Trinajstić information content (AvgIpc) is 2.93. The number of likely N-dealkylation sites (N-methyl/N-ethyl adjacent to an activating group) is 1. The normalized spacial score (nSPS) is 12.2. The van der Waals surface area contributed by atoms with Gasteiger partial charge in [0.2, 0.25) is 0 Å². The molecule has 0 radical (unpaired) electrons. The van der Waals surface area contributed by atoms with Crippen LogP contribution in [-0.4, -0.2) is 43.2 Å². The maximum absolute atomic E-state index is 13.9. The Hall–Kier alpha value is -2.48. The Bertz CT molecular complexity index is 683. The summed E-state index contributed by atoms with van der Waals surface area (Å²) in [6, 6.07) is 4.57. The number of aryl methyl sites for hydroxylation is 1. The van der Waals surface area contributed by atoms with Crippen molar-refractivity contribution in [3.8, 4) is 5.88 Å². The molecule has 8 heteroatoms. The maximum Gasteiger partial charge on any atom is 0.258 e. The number of nitrogens with zero attached hydrogens (tertiary/aromatic N) is 2. The topological polar surface area (TPSA) is 67.6 Å². The molecule has 1 atom stereocenters. The lowest BCUT2D eigenvalue weighted by Gasteiger charge is -2.25. The number of hydrogen-bond acceptors (Lipinski definition) is 5. The van der Waals surface area contributed by atoms with Crippen LogP contribution in [-0.2, 0) is 4.79 Å². The zero-order chi connectivity index (χ0) is 17.7. The van der Waals surface area contributed by atoms with Gasteiger partial charge in [-0.1, -0.05) is 6.07 Å². The quantitative estimate of drug-likeness (QED) is 0.836. The fraction of sp³-hybridized carbons (Fsp3) is 0.375. The number of aromatic nitrogens is 1. The van der Waals surface area contributed by atoms with Crippen molar-refractivity contribution in [3.05, 3.63) is 47.2 Å². The van der Waals surface area contributed by atoms with Crippen LogP contribution in [0.1, 0.15) is 17.4 Å². The maximum atomic E-state index is 13.9. The van der Waals surface area contributed by atoms with Crippen LogP contribution in [0.5, 0.6) is 5.88 Å². The Morgan fingerprint density at radius 2 is 2.04 bits per heavy atom. The Labute approximate surface area is 138 Å². The van der Waals surface area contributed by atoms with Gasteiger partial charge in [0.25, 0.3) is 11.8 Å². The zero-order valence-corrected chi connectivity index (χ0v) is 13.7. The van der Waals surface area contributed by atoms with Gasteiger partial charge in [-0.05, 0) is 38.3 Å². The first-order chi connectivity index (χ1) is 11.4. The summed E-state index contributed by atoms with van der Waals surface area (Å²) in [5.74, 6) is -0.978. The van der Waals surface area contributed by atoms with Crippen molar-refractivity contribution in [2.45, 2.75) is 13.0 Å². The van der Waals surface area contributed by atoms with E-state index >= 15 is 0 Å². The molecule has 0 spiro atoms. The lowest BCUT2D eigenvalue weighted by Crippen LogP contribution is -2.37. The minimum atomic E-state index is -0.655. The van der Waals surface area contributed by atoms with Crippen LogP contribution < -0.4 is 10.1 Å². The number of amides is 1. The van der Waals surface area contributed by atoms with Crippen molar-refractivity contribution in [1.29, 1.82) is 0 Å². The molecule has 1 N–H and O–H groups in total. The molecule has 6 nitrogen and oxygen atoms in total. The molecule has 0 saturated carbocycles. The molecule has 0 aliphatic heterocycles. The first kappa shape index (κ1) is 17.9. The van der Waals surface area contributed by atoms with Gasteiger partial charge in [0.15, 0.2) is 6.61 Å². The van der Waals surface area contributed by atoms with Gasteiger partial charge in [-0.25, -0.2) is 8.78 Å². The van der Waals surface area contributed by atoms with Gasteiger partial charge in [-0.3, -0.25) is 4.79 Å². The molecule has 1 heterocycles. The summed E-state index contributed by atoms with van der Waals surface area (Å²) < 4.78 is 37.8. The van der Waals surface area contributed by atoms with Crippen LogP contribution >= 0.6 is 0 Å². The molecule has 2 rings (SSSR count). The predicted molar refractivity (Wildman–Crippen MR) is 82.5 cm³/mol. The van der Waals surface area contributed by atoms with Crippen LogP contribution in [0.4, 0.5) is 8.78 Å². The number of ether oxygens (including phenoxy) is 1. The highest BCUT2D eigenvalue weighted by Gasteiger charge is 2.22. The standard InChI is InChI=1S/C16H19F2N3O3/c1-10-7-15(20-24-10)23-9-14(22)19-8-13(21(2)3)16-11(17)5-4-6-12(16)18/h4-7,13H,8-9H2,1-3H3,(H,19,22)/t13-/m0/s1. The van der Waals surface area contributed by atoms with E-state index in [1.165, 1.54) is 18.2 Å². The predicted octanol–water partition coefficient (Wildman–Crippen LogP) is 2.06. The number of hydrogen-bond donors (Lipinski definition) is 1. The van der Waals surface area contributed by atoms with E-state index in [-0.39, 0.29) is 24.6 Å². The van der Waals surface area contributed by atoms with Crippen LogP contribution in [0, 0.1) is 18.6 Å². The zero-order valence-electron chi connectivity index (χ0n) is 13.7. The SMILES string of the molecule is Cc1cc(OCC(=O)NC[C@@H](c2c(F)cccc2F)N(C)C)no1. The first-order valence-corrected chi connectivity index (χ1v) is 7.31. The van der Waals surface area contributed by atoms with E-state index in [2.05, 4.69) is 10.5 Å². The van der Waals surface area contributed by atoms with Gasteiger partial charge >= 0.3 is 0 Å². The Morgan fingerprint density at radius 3 is 2.58 bits per heavy atom. The number of rotatable bonds is 7. The van der Waals surface area contributed by atoms with Crippen LogP contribution in [0.25, 0.3) is 0 Å². The van der Waals surface area contributed by atoms with Crippen molar-refractivity contribution < 1.29 is 22.8 Å². The molecule has 0 unspecified atom stereocenters. The first-order valence-electron chi connectivity index (χ1n) is 7.31. The van der Waals surface area contributed by atoms with E-state index in [0.717, 1.165) is 0 Å². The van der Waals surface area contributed by atoms with Crippen molar-refractivity contribution in [2.24, 2.45) is 0 Å². The highest BCUT2D eigenvalue weighted by Crippen LogP contribution is 2.23. The molecular weight excluding hydrogens is 320 g/mol. The van der Waals surface area contributed by atoms with Gasteiger partial charge in [0.1, 0.15) is 17.4 Å². The van der Waals surface area contributed by atoms with E-state index in [1.54, 1.807) is 32.0 Å². The van der Waals surface area contributed by atoms with Gasteiger partial charge in [0.05, 0.1) is 6.04 Å². The molecule has 0 saturated heterocycles. The number of benzene rings is 1. The highest BCUT2D eigenvalue weighted by atomic mass is 19.1. The molecule has 130 valence electrons. The van der Waals surface area contributed by atoms with E-state index in [1.807, 2.05) is 0 Å². The smallest absolute Gasteiger partial charge is 0.258 e. The summed E-state index contributed by atoms with van der Waals surface area (Å²) in [5.41, 5.74) is -0.0872. The van der Waals surface area contributed by atoms with Crippen molar-refractivity contribution >= 4 is 5.91 Å². The summed E-state index contributed by atoms with van der Waals surface area (Å²) >= 11 is 0. The van der Waals surface area contributed by atoms with Gasteiger partial charge in [0, 0.05) is 18.2 Å². The van der Waals surface area contributed by atoms with E-state index < -0.39 is 23.6 Å². The van der Waals surface area contributed by atoms with E-state index in [9.17, 15) is 13.6 Å². The van der Waals surface area contributed by atoms with Crippen molar-refractivity contribution in [1.82, 2.24) is 15.4 Å². The molecule has 0 aliphatic carbocycles. The van der Waals surface area contributed by atoms with E-state index in [0.29, 0.717) is 5.76 Å². The van der Waals surface area contributed by atoms with Crippen LogP contribution in [0.3, 0.4) is 0 Å². The minimum absolute atomic E-state index is 0.0326. The lowest BCUT2D eigenvalue weighted by molar-refractivity contribution is -0.123. The minimum Gasteiger partial charge on any atom is -0.465 e. The summed E-state index contributed by atoms with van der Waals surface area (Å²) in [6.07, 6.45) is 0. The summed E-state index contributed by atoms with van der Waals surface area (Å²) in [6.45, 7) is 1.46. The molecule has 1 amide bonds. The van der Waals surface area contributed by atoms with Gasteiger partial charge < -0.3 is 19.5 Å². The monoisotopic (exact) mass is 339 g/mol. The third-order valence-electron chi connectivity index (χ3n) is 3.41. The summed E-state index contributed by atoms with van der Waals surface area (Å²) in [7, 11) is 3.36. The fourth-order valence-corrected chi connectivity index (χ4v) is 2.18. The van der Waals surface area contributed by atoms with E-state index in [4.69, 9.17) is 9.26 Å². The number of carbonyl (C=O) groups is 1. The van der Waals surface area contributed by atoms with Crippen LogP contribution in [0.15, 0.2) is 28.8 Å². The fourth-order valence-electron chi connectivity index (χ4n) is 2.18. The largest absolute Gasteiger partial charge is 0.465 e. The molecule has 0 fully saturated rings. The third kappa shape index (κ3) is 4.51. The average molecular weight is 339 g/mol. The molecule has 0 bridgehead atoms. The highest BCUT2D eigenvalue weighted by molar-refractivity contribution is 5.77. The van der Waals surface area contributed by atoms with Crippen molar-refractivity contribution in [2.75, 3.05) is 27.2 Å². The summed E-state index contributed by atoms with van der Waals surface area (Å²) in [4.78, 5) is 13.5. The molecule has 1 aromatic heterocycles. The lowest BCUT2D eigenvalue weighted by atomic mass is 10.0. The second kappa shape index (κ2) is 7.87. The number of carbonyl (C=O) groups excluding carboxylic acids is 1. The molecular formula is C16H19F2N3O3. The molecule has 0 aliphatic rings. The molecule has 2 aromatic rings. The Kier molecular flexibility index (Phi) is 5.86. The second-order valence-corrected chi connectivity index (χ2v) is 5.48. The van der Waals surface area contributed by atoms with Gasteiger partial charge in [-0.2, -0.15) is 0 Å². The summed E-state index contributed by atoms with van der Waals surface area (Å²) in [5, 5.41) is 6.19.